The van der Waals surface area contributed by atoms with Gasteiger partial charge in [-0.3, -0.25) is 4.79 Å². The number of rotatable bonds is 2. The molecule has 3 aromatic heterocycles. The van der Waals surface area contributed by atoms with Crippen LogP contribution in [0.1, 0.15) is 33.3 Å². The summed E-state index contributed by atoms with van der Waals surface area (Å²) in [6, 6.07) is 12.2. The van der Waals surface area contributed by atoms with Crippen molar-refractivity contribution in [3.8, 4) is 5.13 Å². The lowest BCUT2D eigenvalue weighted by atomic mass is 9.86. The number of para-hydroxylation sites is 1. The first-order chi connectivity index (χ1) is 11.8. The van der Waals surface area contributed by atoms with Crippen LogP contribution in [0.25, 0.3) is 15.3 Å². The molecule has 0 unspecified atom stereocenters. The summed E-state index contributed by atoms with van der Waals surface area (Å²) in [5, 5.41) is 7.38. The van der Waals surface area contributed by atoms with Gasteiger partial charge in [0, 0.05) is 17.2 Å². The number of hydrogen-bond acceptors (Lipinski definition) is 5. The maximum atomic E-state index is 12.5. The molecule has 0 spiro atoms. The third kappa shape index (κ3) is 2.14. The molecule has 0 aliphatic heterocycles. The van der Waals surface area contributed by atoms with Crippen LogP contribution in [-0.2, 0) is 6.42 Å². The van der Waals surface area contributed by atoms with Crippen LogP contribution < -0.4 is 0 Å². The first kappa shape index (κ1) is 14.1. The molecular weight excluding hydrogens is 338 g/mol. The van der Waals surface area contributed by atoms with Crippen molar-refractivity contribution in [3.63, 3.8) is 0 Å². The van der Waals surface area contributed by atoms with E-state index in [1.54, 1.807) is 28.9 Å². The number of carbonyl (C=O) groups is 1. The highest BCUT2D eigenvalue weighted by Gasteiger charge is 2.31. The summed E-state index contributed by atoms with van der Waals surface area (Å²) in [5.74, 6) is 0.428. The van der Waals surface area contributed by atoms with Crippen molar-refractivity contribution in [2.75, 3.05) is 0 Å². The molecule has 1 aromatic carbocycles. The fourth-order valence-corrected chi connectivity index (χ4v) is 5.06. The van der Waals surface area contributed by atoms with E-state index in [0.717, 1.165) is 33.0 Å². The highest BCUT2D eigenvalue weighted by atomic mass is 32.1. The molecule has 0 amide bonds. The first-order valence-electron chi connectivity index (χ1n) is 7.79. The van der Waals surface area contributed by atoms with Crippen molar-refractivity contribution < 1.29 is 4.79 Å². The van der Waals surface area contributed by atoms with E-state index in [0.29, 0.717) is 6.42 Å². The van der Waals surface area contributed by atoms with E-state index >= 15 is 0 Å². The van der Waals surface area contributed by atoms with E-state index in [9.17, 15) is 4.79 Å². The Morgan fingerprint density at radius 1 is 1.12 bits per heavy atom. The van der Waals surface area contributed by atoms with Gasteiger partial charge in [0.1, 0.15) is 0 Å². The summed E-state index contributed by atoms with van der Waals surface area (Å²) in [6.07, 6.45) is 3.10. The lowest BCUT2D eigenvalue weighted by Crippen LogP contribution is -2.19. The van der Waals surface area contributed by atoms with E-state index < -0.39 is 0 Å². The highest BCUT2D eigenvalue weighted by molar-refractivity contribution is 7.20. The minimum absolute atomic E-state index is 0.182. The van der Waals surface area contributed by atoms with E-state index in [2.05, 4.69) is 27.6 Å². The summed E-state index contributed by atoms with van der Waals surface area (Å²) >= 11 is 3.33. The van der Waals surface area contributed by atoms with Crippen molar-refractivity contribution in [3.05, 3.63) is 64.1 Å². The zero-order valence-electron chi connectivity index (χ0n) is 12.7. The van der Waals surface area contributed by atoms with Crippen LogP contribution in [0.3, 0.4) is 0 Å². The maximum absolute atomic E-state index is 12.5. The zero-order chi connectivity index (χ0) is 16.1. The smallest absolute Gasteiger partial charge is 0.211 e. The fraction of sp³-hybridized carbons (Fsp3) is 0.167. The lowest BCUT2D eigenvalue weighted by molar-refractivity contribution is 0.0964. The predicted octanol–water partition coefficient (Wildman–Crippen LogP) is 4.46. The molecule has 1 atom stereocenters. The molecule has 0 N–H and O–H groups in total. The van der Waals surface area contributed by atoms with Crippen molar-refractivity contribution in [2.24, 2.45) is 0 Å². The van der Waals surface area contributed by atoms with Crippen LogP contribution in [0.15, 0.2) is 48.0 Å². The van der Waals surface area contributed by atoms with Gasteiger partial charge in [-0.15, -0.1) is 11.3 Å². The summed E-state index contributed by atoms with van der Waals surface area (Å²) in [4.78, 5) is 18.5. The molecule has 4 aromatic rings. The molecule has 0 fully saturated rings. The number of thiazole rings is 1. The van der Waals surface area contributed by atoms with Crippen molar-refractivity contribution in [2.45, 2.75) is 18.8 Å². The highest BCUT2D eigenvalue weighted by Crippen LogP contribution is 2.36. The molecule has 5 rings (SSSR count). The Hall–Kier alpha value is -2.31. The standard InChI is InChI=1S/C18H13N3OS2/c22-15-9-11(16-6-3-7-23-16)8-14-12(15)10-19-21(14)18-20-13-4-1-2-5-17(13)24-18/h1-7,10-11H,8-9H2/t11-/m0/s1. The van der Waals surface area contributed by atoms with Crippen LogP contribution in [0.2, 0.25) is 0 Å². The maximum Gasteiger partial charge on any atom is 0.211 e. The lowest BCUT2D eigenvalue weighted by Gasteiger charge is -2.20. The molecule has 24 heavy (non-hydrogen) atoms. The van der Waals surface area contributed by atoms with Gasteiger partial charge in [-0.05, 0) is 30.0 Å². The number of carbonyl (C=O) groups excluding carboxylic acids is 1. The molecule has 6 heteroatoms. The van der Waals surface area contributed by atoms with Crippen molar-refractivity contribution in [1.29, 1.82) is 0 Å². The van der Waals surface area contributed by atoms with Gasteiger partial charge >= 0.3 is 0 Å². The molecular formula is C18H13N3OS2. The van der Waals surface area contributed by atoms with Gasteiger partial charge in [0.15, 0.2) is 5.78 Å². The Kier molecular flexibility index (Phi) is 3.14. The van der Waals surface area contributed by atoms with E-state index in [-0.39, 0.29) is 11.7 Å². The van der Waals surface area contributed by atoms with Crippen molar-refractivity contribution >= 4 is 38.7 Å². The molecule has 118 valence electrons. The zero-order valence-corrected chi connectivity index (χ0v) is 14.3. The average molecular weight is 351 g/mol. The van der Waals surface area contributed by atoms with Crippen LogP contribution in [0.5, 0.6) is 0 Å². The Bertz CT molecular complexity index is 1010. The molecule has 0 saturated carbocycles. The van der Waals surface area contributed by atoms with Gasteiger partial charge in [0.05, 0.1) is 27.7 Å². The molecule has 1 aliphatic carbocycles. The minimum Gasteiger partial charge on any atom is -0.294 e. The fourth-order valence-electron chi connectivity index (χ4n) is 3.28. The van der Waals surface area contributed by atoms with Gasteiger partial charge in [0.25, 0.3) is 0 Å². The number of aromatic nitrogens is 3. The number of nitrogens with zero attached hydrogens (tertiary/aromatic N) is 3. The largest absolute Gasteiger partial charge is 0.294 e. The molecule has 0 bridgehead atoms. The van der Waals surface area contributed by atoms with Crippen LogP contribution in [-0.4, -0.2) is 20.5 Å². The van der Waals surface area contributed by atoms with Gasteiger partial charge in [0.2, 0.25) is 5.13 Å². The van der Waals surface area contributed by atoms with Gasteiger partial charge < -0.3 is 0 Å². The third-order valence-corrected chi connectivity index (χ3v) is 6.50. The molecule has 4 nitrogen and oxygen atoms in total. The van der Waals surface area contributed by atoms with Crippen LogP contribution >= 0.6 is 22.7 Å². The normalized spacial score (nSPS) is 17.3. The second-order valence-corrected chi connectivity index (χ2v) is 7.91. The summed E-state index contributed by atoms with van der Waals surface area (Å²) in [5.41, 5.74) is 2.71. The molecule has 0 radical (unpaired) electrons. The first-order valence-corrected chi connectivity index (χ1v) is 9.48. The predicted molar refractivity (Wildman–Crippen MR) is 96.5 cm³/mol. The Balaban J connectivity index is 1.61. The Morgan fingerprint density at radius 3 is 2.88 bits per heavy atom. The number of fused-ring (bicyclic) bond motifs is 2. The minimum atomic E-state index is 0.182. The second kappa shape index (κ2) is 5.36. The van der Waals surface area contributed by atoms with E-state index in [1.165, 1.54) is 4.88 Å². The van der Waals surface area contributed by atoms with Gasteiger partial charge in [-0.2, -0.15) is 5.10 Å². The number of Topliss-reactive ketones (excluding diaryl/α,β-unsaturated/α-hetero) is 1. The van der Waals surface area contributed by atoms with Gasteiger partial charge in [-0.25, -0.2) is 9.67 Å². The topological polar surface area (TPSA) is 47.8 Å². The molecule has 0 saturated heterocycles. The van der Waals surface area contributed by atoms with Crippen molar-refractivity contribution in [1.82, 2.24) is 14.8 Å². The van der Waals surface area contributed by atoms with Crippen LogP contribution in [0.4, 0.5) is 0 Å². The van der Waals surface area contributed by atoms with Gasteiger partial charge in [-0.1, -0.05) is 29.5 Å². The molecule has 1 aliphatic rings. The third-order valence-electron chi connectivity index (χ3n) is 4.45. The number of benzene rings is 1. The Morgan fingerprint density at radius 2 is 2.04 bits per heavy atom. The number of hydrogen-bond donors (Lipinski definition) is 0. The van der Waals surface area contributed by atoms with Crippen LogP contribution in [0, 0.1) is 0 Å². The van der Waals surface area contributed by atoms with E-state index in [1.807, 2.05) is 28.9 Å². The average Bonchev–Trinajstić information content (AvgIpc) is 3.32. The Labute approximate surface area is 146 Å². The summed E-state index contributed by atoms with van der Waals surface area (Å²) in [7, 11) is 0. The van der Waals surface area contributed by atoms with E-state index in [4.69, 9.17) is 0 Å². The number of ketones is 1. The number of thiophene rings is 1. The monoisotopic (exact) mass is 351 g/mol. The summed E-state index contributed by atoms with van der Waals surface area (Å²) < 4.78 is 2.99. The second-order valence-electron chi connectivity index (χ2n) is 5.92. The quantitative estimate of drug-likeness (QED) is 0.536. The SMILES string of the molecule is O=C1C[C@@H](c2cccs2)Cc2c1cnn2-c1nc2ccccc2s1. The molecule has 3 heterocycles. The summed E-state index contributed by atoms with van der Waals surface area (Å²) in [6.45, 7) is 0.